The number of benzene rings is 5. The summed E-state index contributed by atoms with van der Waals surface area (Å²) in [5.74, 6) is 0. The number of thioether (sulfide) groups is 2. The number of rotatable bonds is 3. The van der Waals surface area contributed by atoms with Crippen molar-refractivity contribution in [2.75, 3.05) is 0 Å². The molecule has 1 aliphatic heterocycles. The number of allylic oxidation sites excluding steroid dienone is 1. The summed E-state index contributed by atoms with van der Waals surface area (Å²) in [7, 11) is 0. The third-order valence-electron chi connectivity index (χ3n) is 8.20. The lowest BCUT2D eigenvalue weighted by atomic mass is 9.86. The number of aromatic nitrogens is 1. The van der Waals surface area contributed by atoms with Crippen molar-refractivity contribution in [3.63, 3.8) is 0 Å². The second-order valence-corrected chi connectivity index (χ2v) is 13.1. The Labute approximate surface area is 243 Å². The van der Waals surface area contributed by atoms with Crippen molar-refractivity contribution in [3.8, 4) is 22.3 Å². The molecule has 8 rings (SSSR count). The summed E-state index contributed by atoms with van der Waals surface area (Å²) in [5.41, 5.74) is 7.47. The Balaban J connectivity index is 1.22. The summed E-state index contributed by atoms with van der Waals surface area (Å²) in [6, 6.07) is 41.8. The van der Waals surface area contributed by atoms with Crippen LogP contribution in [0.4, 0.5) is 0 Å². The highest BCUT2D eigenvalue weighted by molar-refractivity contribution is 8.06. The van der Waals surface area contributed by atoms with E-state index in [-0.39, 0.29) is 0 Å². The molecule has 0 amide bonds. The molecule has 2 aliphatic rings. The summed E-state index contributed by atoms with van der Waals surface area (Å²) in [4.78, 5) is 7.92. The summed E-state index contributed by atoms with van der Waals surface area (Å²) >= 11 is 4.07. The molecule has 192 valence electrons. The number of hydrogen-bond donors (Lipinski definition) is 0. The highest BCUT2D eigenvalue weighted by atomic mass is 32.2. The smallest absolute Gasteiger partial charge is 0.0659 e. The molecule has 6 aromatic rings. The van der Waals surface area contributed by atoms with Crippen LogP contribution in [0, 0.1) is 0 Å². The zero-order valence-electron chi connectivity index (χ0n) is 22.0. The third kappa shape index (κ3) is 4.08. The quantitative estimate of drug-likeness (QED) is 0.204. The van der Waals surface area contributed by atoms with Gasteiger partial charge in [-0.25, -0.2) is 0 Å². The van der Waals surface area contributed by atoms with Gasteiger partial charge in [0.25, 0.3) is 0 Å². The van der Waals surface area contributed by atoms with E-state index in [1.54, 1.807) is 0 Å². The summed E-state index contributed by atoms with van der Waals surface area (Å²) < 4.78 is 0. The van der Waals surface area contributed by atoms with Gasteiger partial charge in [-0.1, -0.05) is 103 Å². The first-order chi connectivity index (χ1) is 19.8. The first-order valence-corrected chi connectivity index (χ1v) is 15.7. The molecule has 0 saturated carbocycles. The van der Waals surface area contributed by atoms with Crippen molar-refractivity contribution in [1.82, 2.24) is 4.98 Å². The SMILES string of the molecule is C1=C(c2ccc(-c3c4ccccc4c(-c4ccccc4)c4ccccc34)cn2)CCC2Sc3ccccc3SC12. The maximum atomic E-state index is 5.07. The maximum Gasteiger partial charge on any atom is 0.0659 e. The summed E-state index contributed by atoms with van der Waals surface area (Å²) in [6.45, 7) is 0. The van der Waals surface area contributed by atoms with Gasteiger partial charge < -0.3 is 0 Å². The number of fused-ring (bicyclic) bond motifs is 4. The van der Waals surface area contributed by atoms with Crippen molar-refractivity contribution in [2.24, 2.45) is 0 Å². The fourth-order valence-corrected chi connectivity index (χ4v) is 9.23. The second-order valence-electron chi connectivity index (χ2n) is 10.6. The maximum absolute atomic E-state index is 5.07. The second kappa shape index (κ2) is 9.99. The van der Waals surface area contributed by atoms with E-state index in [1.165, 1.54) is 65.6 Å². The molecule has 40 heavy (non-hydrogen) atoms. The minimum Gasteiger partial charge on any atom is -0.256 e. The largest absolute Gasteiger partial charge is 0.256 e. The molecule has 0 N–H and O–H groups in total. The zero-order chi connectivity index (χ0) is 26.5. The van der Waals surface area contributed by atoms with Gasteiger partial charge in [0.15, 0.2) is 0 Å². The van der Waals surface area contributed by atoms with Crippen LogP contribution >= 0.6 is 23.5 Å². The van der Waals surface area contributed by atoms with Gasteiger partial charge in [-0.2, -0.15) is 0 Å². The van der Waals surface area contributed by atoms with Gasteiger partial charge in [0.05, 0.1) is 5.69 Å². The van der Waals surface area contributed by atoms with Crippen LogP contribution in [0.25, 0.3) is 49.4 Å². The van der Waals surface area contributed by atoms with Crippen LogP contribution in [0.2, 0.25) is 0 Å². The predicted octanol–water partition coefficient (Wildman–Crippen LogP) is 10.5. The number of hydrogen-bond acceptors (Lipinski definition) is 3. The molecule has 1 aliphatic carbocycles. The monoisotopic (exact) mass is 549 g/mol. The number of nitrogens with zero attached hydrogens (tertiary/aromatic N) is 1. The van der Waals surface area contributed by atoms with Gasteiger partial charge in [-0.3, -0.25) is 4.98 Å². The first kappa shape index (κ1) is 24.0. The van der Waals surface area contributed by atoms with E-state index in [0.717, 1.165) is 12.1 Å². The van der Waals surface area contributed by atoms with E-state index >= 15 is 0 Å². The van der Waals surface area contributed by atoms with Crippen molar-refractivity contribution in [3.05, 3.63) is 133 Å². The Morgan fingerprint density at radius 3 is 1.75 bits per heavy atom. The van der Waals surface area contributed by atoms with Crippen molar-refractivity contribution < 1.29 is 0 Å². The fraction of sp³-hybridized carbons (Fsp3) is 0.108. The lowest BCUT2D eigenvalue weighted by Gasteiger charge is -2.34. The topological polar surface area (TPSA) is 12.9 Å². The van der Waals surface area contributed by atoms with Crippen molar-refractivity contribution in [1.29, 1.82) is 0 Å². The van der Waals surface area contributed by atoms with Gasteiger partial charge in [0.2, 0.25) is 0 Å². The third-order valence-corrected chi connectivity index (χ3v) is 11.3. The predicted molar refractivity (Wildman–Crippen MR) is 173 cm³/mol. The first-order valence-electron chi connectivity index (χ1n) is 13.9. The van der Waals surface area contributed by atoms with Crippen LogP contribution in [0.5, 0.6) is 0 Å². The van der Waals surface area contributed by atoms with Gasteiger partial charge in [0, 0.05) is 32.1 Å². The van der Waals surface area contributed by atoms with Crippen LogP contribution in [0.15, 0.2) is 137 Å². The molecule has 5 aromatic carbocycles. The van der Waals surface area contributed by atoms with Crippen molar-refractivity contribution in [2.45, 2.75) is 33.1 Å². The summed E-state index contributed by atoms with van der Waals surface area (Å²) in [5, 5.41) is 6.23. The summed E-state index contributed by atoms with van der Waals surface area (Å²) in [6.07, 6.45) is 6.86. The molecule has 1 aromatic heterocycles. The van der Waals surface area contributed by atoms with E-state index in [1.807, 2.05) is 11.8 Å². The minimum atomic E-state index is 0.503. The van der Waals surface area contributed by atoms with Crippen LogP contribution in [-0.2, 0) is 0 Å². The molecule has 0 saturated heterocycles. The molecule has 2 heterocycles. The molecular weight excluding hydrogens is 523 g/mol. The Kier molecular flexibility index (Phi) is 6.01. The van der Waals surface area contributed by atoms with Crippen molar-refractivity contribution >= 4 is 50.6 Å². The van der Waals surface area contributed by atoms with E-state index < -0.39 is 0 Å². The molecular formula is C37H27NS2. The van der Waals surface area contributed by atoms with Crippen LogP contribution in [-0.4, -0.2) is 15.5 Å². The lowest BCUT2D eigenvalue weighted by molar-refractivity contribution is 0.762. The van der Waals surface area contributed by atoms with Crippen LogP contribution in [0.3, 0.4) is 0 Å². The standard InChI is InChI=1S/C37H27NS2/c1-2-10-24(11-3-1)36-27-12-4-6-14-29(27)37(30-15-7-5-13-28(30)36)26-18-20-31(38-23-26)25-19-21-34-35(22-25)40-33-17-9-8-16-32(33)39-34/h1-18,20,22-23,34-35H,19,21H2. The van der Waals surface area contributed by atoms with E-state index in [0.29, 0.717) is 10.5 Å². The Morgan fingerprint density at radius 1 is 0.550 bits per heavy atom. The van der Waals surface area contributed by atoms with Gasteiger partial charge in [-0.05, 0) is 74.8 Å². The molecule has 0 bridgehead atoms. The Hall–Kier alpha value is -3.79. The minimum absolute atomic E-state index is 0.503. The highest BCUT2D eigenvalue weighted by Gasteiger charge is 2.32. The fourth-order valence-electron chi connectivity index (χ4n) is 6.34. The lowest BCUT2D eigenvalue weighted by Crippen LogP contribution is -2.25. The van der Waals surface area contributed by atoms with E-state index in [2.05, 4.69) is 139 Å². The van der Waals surface area contributed by atoms with Crippen LogP contribution in [0.1, 0.15) is 18.5 Å². The van der Waals surface area contributed by atoms with Gasteiger partial charge in [0.1, 0.15) is 0 Å². The van der Waals surface area contributed by atoms with Gasteiger partial charge >= 0.3 is 0 Å². The zero-order valence-corrected chi connectivity index (χ0v) is 23.6. The average molecular weight is 550 g/mol. The molecule has 2 unspecified atom stereocenters. The Morgan fingerprint density at radius 2 is 1.12 bits per heavy atom. The molecule has 2 atom stereocenters. The van der Waals surface area contributed by atoms with E-state index in [4.69, 9.17) is 4.98 Å². The van der Waals surface area contributed by atoms with Gasteiger partial charge in [-0.15, -0.1) is 23.5 Å². The molecule has 0 spiro atoms. The number of pyridine rings is 1. The Bertz CT molecular complexity index is 1850. The normalized spacial score (nSPS) is 18.2. The molecule has 1 nitrogen and oxygen atoms in total. The molecule has 0 radical (unpaired) electrons. The van der Waals surface area contributed by atoms with E-state index in [9.17, 15) is 0 Å². The van der Waals surface area contributed by atoms with Crippen LogP contribution < -0.4 is 0 Å². The molecule has 3 heteroatoms. The average Bonchev–Trinajstić information content (AvgIpc) is 3.03. The highest BCUT2D eigenvalue weighted by Crippen LogP contribution is 2.50. The molecule has 0 fully saturated rings.